The maximum Gasteiger partial charge on any atom is 0.418 e. The van der Waals surface area contributed by atoms with Gasteiger partial charge in [0.1, 0.15) is 0 Å². The largest absolute Gasteiger partial charge is 0.418 e. The number of alkyl halides is 3. The summed E-state index contributed by atoms with van der Waals surface area (Å²) in [5.41, 5.74) is 0.397. The van der Waals surface area contributed by atoms with Crippen molar-refractivity contribution in [2.45, 2.75) is 25.7 Å². The van der Waals surface area contributed by atoms with Crippen LogP contribution < -0.4 is 9.62 Å². The van der Waals surface area contributed by atoms with Crippen molar-refractivity contribution in [2.24, 2.45) is 11.8 Å². The lowest BCUT2D eigenvalue weighted by Crippen LogP contribution is -2.54. The number of carbonyl (C=O) groups excluding carboxylic acids is 1. The number of halogens is 3. The number of hydrogen-bond acceptors (Lipinski definition) is 7. The Morgan fingerprint density at radius 2 is 1.84 bits per heavy atom. The molecule has 3 aliphatic rings. The monoisotopic (exact) mass is 556 g/mol. The molecule has 1 aromatic heterocycles. The van der Waals surface area contributed by atoms with Gasteiger partial charge in [0.05, 0.1) is 25.0 Å². The van der Waals surface area contributed by atoms with Crippen molar-refractivity contribution < 1.29 is 31.1 Å². The second-order valence-corrected chi connectivity index (χ2v) is 12.1. The van der Waals surface area contributed by atoms with Crippen LogP contribution in [0.25, 0.3) is 0 Å². The molecule has 4 heterocycles. The van der Waals surface area contributed by atoms with Crippen LogP contribution in [-0.4, -0.2) is 92.3 Å². The molecule has 10 nitrogen and oxygen atoms in total. The van der Waals surface area contributed by atoms with E-state index in [4.69, 9.17) is 4.74 Å². The average molecular weight is 557 g/mol. The van der Waals surface area contributed by atoms with Gasteiger partial charge in [-0.15, -0.1) is 5.10 Å². The maximum atomic E-state index is 13.8. The lowest BCUT2D eigenvalue weighted by molar-refractivity contribution is -0.137. The molecule has 0 bridgehead atoms. The zero-order chi connectivity index (χ0) is 27.2. The minimum absolute atomic E-state index is 0.0501. The number of sulfonamides is 1. The number of piperazine rings is 1. The van der Waals surface area contributed by atoms with Crippen LogP contribution in [0.2, 0.25) is 0 Å². The summed E-state index contributed by atoms with van der Waals surface area (Å²) in [6.45, 7) is 6.07. The molecule has 38 heavy (non-hydrogen) atoms. The number of rotatable bonds is 5. The van der Waals surface area contributed by atoms with Gasteiger partial charge >= 0.3 is 12.2 Å². The van der Waals surface area contributed by atoms with Gasteiger partial charge in [0.2, 0.25) is 10.0 Å². The molecular weight excluding hydrogens is 525 g/mol. The fourth-order valence-electron chi connectivity index (χ4n) is 5.52. The number of aromatic nitrogens is 2. The van der Waals surface area contributed by atoms with E-state index >= 15 is 0 Å². The standard InChI is InChI=1S/C24H31F3N6O4S/c1-16-10-31(23(34)33-6-5-22(28-33)29-38(2,35)36)8-7-30(16)11-17-3-4-20(24(25,26)27)21(9-17)32-12-18-14-37-15-19(18)13-32/h3-6,9,16,18-19H,7-8,10-15H2,1-2H3,(H,28,29)/t16-,18?,19?/m0/s1. The van der Waals surface area contributed by atoms with Crippen LogP contribution in [0, 0.1) is 11.8 Å². The predicted molar refractivity (Wildman–Crippen MR) is 134 cm³/mol. The Labute approximate surface area is 219 Å². The molecule has 3 fully saturated rings. The lowest BCUT2D eigenvalue weighted by Gasteiger charge is -2.39. The molecule has 208 valence electrons. The fraction of sp³-hybridized carbons (Fsp3) is 0.583. The number of ether oxygens (including phenoxy) is 1. The summed E-state index contributed by atoms with van der Waals surface area (Å²) in [5.74, 6) is 0.580. The van der Waals surface area contributed by atoms with E-state index in [1.807, 2.05) is 11.8 Å². The van der Waals surface area contributed by atoms with Gasteiger partial charge in [-0.3, -0.25) is 9.62 Å². The van der Waals surface area contributed by atoms with Gasteiger partial charge in [0.15, 0.2) is 5.82 Å². The second-order valence-electron chi connectivity index (χ2n) is 10.4. The van der Waals surface area contributed by atoms with Gasteiger partial charge in [-0.1, -0.05) is 6.07 Å². The van der Waals surface area contributed by atoms with Gasteiger partial charge in [-0.2, -0.15) is 17.9 Å². The van der Waals surface area contributed by atoms with E-state index in [1.54, 1.807) is 11.0 Å². The minimum Gasteiger partial charge on any atom is -0.381 e. The molecule has 3 saturated heterocycles. The van der Waals surface area contributed by atoms with Gasteiger partial charge < -0.3 is 14.5 Å². The molecule has 3 atom stereocenters. The highest BCUT2D eigenvalue weighted by molar-refractivity contribution is 7.92. The second kappa shape index (κ2) is 10.0. The maximum absolute atomic E-state index is 13.8. The summed E-state index contributed by atoms with van der Waals surface area (Å²) in [4.78, 5) is 18.5. The molecule has 0 saturated carbocycles. The summed E-state index contributed by atoms with van der Waals surface area (Å²) in [5, 5.41) is 4.00. The third-order valence-corrected chi connectivity index (χ3v) is 8.02. The van der Waals surface area contributed by atoms with Crippen molar-refractivity contribution in [1.29, 1.82) is 0 Å². The Balaban J connectivity index is 1.25. The summed E-state index contributed by atoms with van der Waals surface area (Å²) < 4.78 is 73.1. The van der Waals surface area contributed by atoms with Crippen molar-refractivity contribution >= 4 is 27.6 Å². The van der Waals surface area contributed by atoms with Gasteiger partial charge in [0.25, 0.3) is 0 Å². The Morgan fingerprint density at radius 1 is 1.13 bits per heavy atom. The topological polar surface area (TPSA) is 100 Å². The molecule has 0 spiro atoms. The zero-order valence-corrected chi connectivity index (χ0v) is 22.0. The van der Waals surface area contributed by atoms with E-state index in [-0.39, 0.29) is 35.4 Å². The number of nitrogens with zero attached hydrogens (tertiary/aromatic N) is 5. The lowest BCUT2D eigenvalue weighted by atomic mass is 10.0. The number of nitrogens with one attached hydrogen (secondary N) is 1. The predicted octanol–water partition coefficient (Wildman–Crippen LogP) is 2.53. The number of hydrogen-bond donors (Lipinski definition) is 1. The summed E-state index contributed by atoms with van der Waals surface area (Å²) >= 11 is 0. The molecule has 1 aromatic carbocycles. The number of carbonyl (C=O) groups is 1. The third kappa shape index (κ3) is 5.76. The van der Waals surface area contributed by atoms with E-state index in [2.05, 4.69) is 14.7 Å². The third-order valence-electron chi connectivity index (χ3n) is 7.44. The van der Waals surface area contributed by atoms with Crippen molar-refractivity contribution in [3.63, 3.8) is 0 Å². The highest BCUT2D eigenvalue weighted by Gasteiger charge is 2.41. The van der Waals surface area contributed by atoms with Crippen LogP contribution in [0.4, 0.5) is 29.5 Å². The Hall–Kier alpha value is -2.84. The first kappa shape index (κ1) is 26.8. The van der Waals surface area contributed by atoms with E-state index in [0.717, 1.165) is 16.5 Å². The number of benzene rings is 1. The van der Waals surface area contributed by atoms with E-state index in [1.165, 1.54) is 24.4 Å². The summed E-state index contributed by atoms with van der Waals surface area (Å²) in [7, 11) is -3.51. The molecule has 1 N–H and O–H groups in total. The highest BCUT2D eigenvalue weighted by Crippen LogP contribution is 2.41. The number of fused-ring (bicyclic) bond motifs is 1. The van der Waals surface area contributed by atoms with Crippen molar-refractivity contribution in [3.8, 4) is 0 Å². The van der Waals surface area contributed by atoms with Crippen LogP contribution in [0.5, 0.6) is 0 Å². The van der Waals surface area contributed by atoms with Gasteiger partial charge in [0, 0.05) is 75.1 Å². The quantitative estimate of drug-likeness (QED) is 0.604. The molecule has 14 heteroatoms. The van der Waals surface area contributed by atoms with Crippen molar-refractivity contribution in [2.75, 3.05) is 61.8 Å². The van der Waals surface area contributed by atoms with Crippen LogP contribution in [0.1, 0.15) is 18.1 Å². The molecule has 2 unspecified atom stereocenters. The SMILES string of the molecule is C[C@H]1CN(C(=O)n2ccc(NS(C)(=O)=O)n2)CCN1Cc1ccc(C(F)(F)F)c(N2CC3COCC3C2)c1. The van der Waals surface area contributed by atoms with Crippen LogP contribution in [0.15, 0.2) is 30.5 Å². The molecule has 2 aromatic rings. The van der Waals surface area contributed by atoms with Crippen LogP contribution in [-0.2, 0) is 27.5 Å². The van der Waals surface area contributed by atoms with Crippen LogP contribution >= 0.6 is 0 Å². The Morgan fingerprint density at radius 3 is 2.47 bits per heavy atom. The van der Waals surface area contributed by atoms with Crippen LogP contribution in [0.3, 0.4) is 0 Å². The van der Waals surface area contributed by atoms with Crippen molar-refractivity contribution in [3.05, 3.63) is 41.6 Å². The van der Waals surface area contributed by atoms with E-state index in [9.17, 15) is 26.4 Å². The Bertz CT molecular complexity index is 1290. The first-order chi connectivity index (χ1) is 17.9. The van der Waals surface area contributed by atoms with Gasteiger partial charge in [-0.25, -0.2) is 13.2 Å². The minimum atomic E-state index is -4.44. The number of amides is 1. The van der Waals surface area contributed by atoms with E-state index < -0.39 is 21.8 Å². The normalized spacial score (nSPS) is 24.6. The molecule has 3 aliphatic heterocycles. The van der Waals surface area contributed by atoms with Crippen molar-refractivity contribution in [1.82, 2.24) is 19.6 Å². The summed E-state index contributed by atoms with van der Waals surface area (Å²) in [6.07, 6.45) is -2.04. The van der Waals surface area contributed by atoms with E-state index in [0.29, 0.717) is 52.5 Å². The molecular formula is C24H31F3N6O4S. The van der Waals surface area contributed by atoms with Gasteiger partial charge in [-0.05, 0) is 24.6 Å². The highest BCUT2D eigenvalue weighted by atomic mass is 32.2. The number of anilines is 2. The molecule has 0 radical (unpaired) electrons. The smallest absolute Gasteiger partial charge is 0.381 e. The first-order valence-corrected chi connectivity index (χ1v) is 14.4. The fourth-order valence-corrected chi connectivity index (χ4v) is 6.01. The zero-order valence-electron chi connectivity index (χ0n) is 21.2. The summed E-state index contributed by atoms with van der Waals surface area (Å²) in [6, 6.07) is 5.36. The molecule has 1 amide bonds. The Kier molecular flexibility index (Phi) is 7.07. The molecule has 5 rings (SSSR count). The first-order valence-electron chi connectivity index (χ1n) is 12.5. The average Bonchev–Trinajstić information content (AvgIpc) is 3.55. The molecule has 0 aliphatic carbocycles.